The molecule has 2 fully saturated rings. The molecule has 102 valence electrons. The summed E-state index contributed by atoms with van der Waals surface area (Å²) < 4.78 is 0. The van der Waals surface area contributed by atoms with Crippen LogP contribution in [0.3, 0.4) is 0 Å². The third-order valence-corrected chi connectivity index (χ3v) is 3.89. The number of carbonyl (C=O) groups is 2. The molecule has 5 nitrogen and oxygen atoms in total. The average Bonchev–Trinajstić information content (AvgIpc) is 3.19. The van der Waals surface area contributed by atoms with Crippen molar-refractivity contribution in [1.82, 2.24) is 9.80 Å². The van der Waals surface area contributed by atoms with Crippen LogP contribution in [0.4, 0.5) is 0 Å². The quantitative estimate of drug-likeness (QED) is 0.778. The zero-order valence-corrected chi connectivity index (χ0v) is 11.1. The van der Waals surface area contributed by atoms with Crippen LogP contribution < -0.4 is 5.73 Å². The number of nitrogens with zero attached hydrogens (tertiary/aromatic N) is 2. The van der Waals surface area contributed by atoms with Crippen LogP contribution in [0.5, 0.6) is 0 Å². The largest absolute Gasteiger partial charge is 0.341 e. The monoisotopic (exact) mass is 253 g/mol. The maximum atomic E-state index is 11.6. The first kappa shape index (κ1) is 13.3. The van der Waals surface area contributed by atoms with Crippen molar-refractivity contribution in [3.63, 3.8) is 0 Å². The molecule has 0 aromatic rings. The lowest BCUT2D eigenvalue weighted by Crippen LogP contribution is -2.46. The molecule has 1 atom stereocenters. The Morgan fingerprint density at radius 2 is 2.06 bits per heavy atom. The predicted molar refractivity (Wildman–Crippen MR) is 68.8 cm³/mol. The molecule has 1 aliphatic heterocycles. The Hall–Kier alpha value is -1.10. The molecule has 2 N–H and O–H groups in total. The van der Waals surface area contributed by atoms with E-state index in [-0.39, 0.29) is 18.4 Å². The summed E-state index contributed by atoms with van der Waals surface area (Å²) in [5, 5.41) is 0. The summed E-state index contributed by atoms with van der Waals surface area (Å²) in [4.78, 5) is 27.0. The molecule has 1 heterocycles. The lowest BCUT2D eigenvalue weighted by Gasteiger charge is -2.35. The van der Waals surface area contributed by atoms with Crippen LogP contribution in [0.15, 0.2) is 0 Å². The summed E-state index contributed by atoms with van der Waals surface area (Å²) in [7, 11) is 0. The molecule has 0 spiro atoms. The third-order valence-electron chi connectivity index (χ3n) is 3.89. The van der Waals surface area contributed by atoms with E-state index >= 15 is 0 Å². The van der Waals surface area contributed by atoms with Gasteiger partial charge in [0.15, 0.2) is 0 Å². The molecule has 5 heteroatoms. The van der Waals surface area contributed by atoms with Gasteiger partial charge in [-0.25, -0.2) is 0 Å². The lowest BCUT2D eigenvalue weighted by molar-refractivity contribution is -0.132. The molecule has 1 saturated heterocycles. The first-order valence-corrected chi connectivity index (χ1v) is 6.87. The Bertz CT molecular complexity index is 328. The van der Waals surface area contributed by atoms with Gasteiger partial charge in [-0.3, -0.25) is 9.59 Å². The van der Waals surface area contributed by atoms with E-state index in [1.54, 1.807) is 6.92 Å². The van der Waals surface area contributed by atoms with E-state index in [0.29, 0.717) is 12.0 Å². The zero-order chi connectivity index (χ0) is 13.1. The number of likely N-dealkylation sites (tertiary alicyclic amines) is 1. The van der Waals surface area contributed by atoms with Crippen molar-refractivity contribution in [1.29, 1.82) is 0 Å². The third kappa shape index (κ3) is 3.22. The lowest BCUT2D eigenvalue weighted by atomic mass is 9.97. The van der Waals surface area contributed by atoms with Crippen molar-refractivity contribution >= 4 is 11.8 Å². The summed E-state index contributed by atoms with van der Waals surface area (Å²) in [6.07, 6.45) is 4.40. The van der Waals surface area contributed by atoms with Gasteiger partial charge in [0, 0.05) is 32.6 Å². The van der Waals surface area contributed by atoms with Gasteiger partial charge in [0.2, 0.25) is 11.8 Å². The van der Waals surface area contributed by atoms with Crippen molar-refractivity contribution in [3.05, 3.63) is 0 Å². The van der Waals surface area contributed by atoms with Crippen molar-refractivity contribution in [3.8, 4) is 0 Å². The molecule has 1 aliphatic carbocycles. The fraction of sp³-hybridized carbons (Fsp3) is 0.846. The first-order chi connectivity index (χ1) is 8.61. The van der Waals surface area contributed by atoms with Gasteiger partial charge in [-0.2, -0.15) is 0 Å². The fourth-order valence-corrected chi connectivity index (χ4v) is 2.77. The van der Waals surface area contributed by atoms with Crippen molar-refractivity contribution in [2.24, 2.45) is 11.7 Å². The fourth-order valence-electron chi connectivity index (χ4n) is 2.77. The van der Waals surface area contributed by atoms with E-state index in [1.165, 1.54) is 0 Å². The van der Waals surface area contributed by atoms with Crippen LogP contribution in [-0.2, 0) is 9.59 Å². The molecule has 0 unspecified atom stereocenters. The summed E-state index contributed by atoms with van der Waals surface area (Å²) in [6.45, 7) is 4.10. The second-order valence-electron chi connectivity index (χ2n) is 5.45. The van der Waals surface area contributed by atoms with Gasteiger partial charge in [0.1, 0.15) is 0 Å². The first-order valence-electron chi connectivity index (χ1n) is 6.87. The minimum Gasteiger partial charge on any atom is -0.341 e. The highest BCUT2D eigenvalue weighted by atomic mass is 16.2. The molecule has 0 aromatic heterocycles. The number of piperidine rings is 1. The maximum absolute atomic E-state index is 11.6. The van der Waals surface area contributed by atoms with E-state index in [9.17, 15) is 9.59 Å². The highest BCUT2D eigenvalue weighted by molar-refractivity contribution is 5.78. The highest BCUT2D eigenvalue weighted by Crippen LogP contribution is 2.29. The topological polar surface area (TPSA) is 66.6 Å². The van der Waals surface area contributed by atoms with Crippen molar-refractivity contribution < 1.29 is 9.59 Å². The SMILES string of the molecule is CC(=O)N(C[C@@H]1CCCN(C(=O)CN)C1)C1CC1. The van der Waals surface area contributed by atoms with Gasteiger partial charge in [0.25, 0.3) is 0 Å². The van der Waals surface area contributed by atoms with E-state index in [2.05, 4.69) is 0 Å². The molecule has 0 radical (unpaired) electrons. The molecule has 18 heavy (non-hydrogen) atoms. The Labute approximate surface area is 108 Å². The van der Waals surface area contributed by atoms with Gasteiger partial charge >= 0.3 is 0 Å². The number of hydrogen-bond donors (Lipinski definition) is 1. The second-order valence-corrected chi connectivity index (χ2v) is 5.45. The van der Waals surface area contributed by atoms with Crippen LogP contribution in [0, 0.1) is 5.92 Å². The molecular formula is C13H23N3O2. The van der Waals surface area contributed by atoms with E-state index < -0.39 is 0 Å². The molecule has 2 aliphatic rings. The van der Waals surface area contributed by atoms with Crippen molar-refractivity contribution in [2.45, 2.75) is 38.6 Å². The predicted octanol–water partition coefficient (Wildman–Crippen LogP) is 0.195. The number of hydrogen-bond acceptors (Lipinski definition) is 3. The number of nitrogens with two attached hydrogens (primary N) is 1. The smallest absolute Gasteiger partial charge is 0.236 e. The molecule has 2 amide bonds. The minimum atomic E-state index is 0.0282. The van der Waals surface area contributed by atoms with Crippen LogP contribution >= 0.6 is 0 Å². The van der Waals surface area contributed by atoms with Gasteiger partial charge in [-0.1, -0.05) is 0 Å². The highest BCUT2D eigenvalue weighted by Gasteiger charge is 2.33. The summed E-state index contributed by atoms with van der Waals surface area (Å²) >= 11 is 0. The van der Waals surface area contributed by atoms with Crippen LogP contribution in [0.1, 0.15) is 32.6 Å². The minimum absolute atomic E-state index is 0.0282. The summed E-state index contributed by atoms with van der Waals surface area (Å²) in [5.74, 6) is 0.610. The van der Waals surface area contributed by atoms with Gasteiger partial charge < -0.3 is 15.5 Å². The second kappa shape index (κ2) is 5.69. The maximum Gasteiger partial charge on any atom is 0.236 e. The number of rotatable bonds is 4. The zero-order valence-electron chi connectivity index (χ0n) is 11.1. The van der Waals surface area contributed by atoms with Gasteiger partial charge in [0.05, 0.1) is 6.54 Å². The summed E-state index contributed by atoms with van der Waals surface area (Å²) in [6, 6.07) is 0.461. The average molecular weight is 253 g/mol. The van der Waals surface area contributed by atoms with Gasteiger partial charge in [-0.05, 0) is 31.6 Å². The standard InChI is InChI=1S/C13H23N3O2/c1-10(17)16(12-4-5-12)9-11-3-2-6-15(8-11)13(18)7-14/h11-12H,2-9,14H2,1H3/t11-/m1/s1. The Morgan fingerprint density at radius 3 is 2.61 bits per heavy atom. The van der Waals surface area contributed by atoms with Crippen molar-refractivity contribution in [2.75, 3.05) is 26.2 Å². The molecule has 1 saturated carbocycles. The van der Waals surface area contributed by atoms with Crippen LogP contribution in [0.25, 0.3) is 0 Å². The molecule has 0 aromatic carbocycles. The van der Waals surface area contributed by atoms with Gasteiger partial charge in [-0.15, -0.1) is 0 Å². The van der Waals surface area contributed by atoms with E-state index in [1.807, 2.05) is 9.80 Å². The number of carbonyl (C=O) groups excluding carboxylic acids is 2. The Kier molecular flexibility index (Phi) is 4.22. The number of amides is 2. The normalized spacial score (nSPS) is 23.9. The molecule has 0 bridgehead atoms. The molecular weight excluding hydrogens is 230 g/mol. The Balaban J connectivity index is 1.88. The van der Waals surface area contributed by atoms with E-state index in [0.717, 1.165) is 45.3 Å². The molecule has 2 rings (SSSR count). The van der Waals surface area contributed by atoms with Crippen LogP contribution in [-0.4, -0.2) is 53.8 Å². The Morgan fingerprint density at radius 1 is 1.33 bits per heavy atom. The summed E-state index contributed by atoms with van der Waals surface area (Å²) in [5.41, 5.74) is 5.40. The van der Waals surface area contributed by atoms with E-state index in [4.69, 9.17) is 5.73 Å². The van der Waals surface area contributed by atoms with Crippen LogP contribution in [0.2, 0.25) is 0 Å².